The molecule has 1 heterocycles. The van der Waals surface area contributed by atoms with E-state index in [1.54, 1.807) is 37.4 Å². The van der Waals surface area contributed by atoms with Crippen LogP contribution in [0.15, 0.2) is 53.3 Å². The third-order valence-corrected chi connectivity index (χ3v) is 3.90. The number of carbonyl (C=O) groups excluding carboxylic acids is 1. The maximum atomic E-state index is 12.3. The van der Waals surface area contributed by atoms with E-state index in [0.29, 0.717) is 28.3 Å². The number of para-hydroxylation sites is 1. The molecule has 2 aromatic carbocycles. The van der Waals surface area contributed by atoms with E-state index < -0.39 is 0 Å². The predicted octanol–water partition coefficient (Wildman–Crippen LogP) is 2.87. The first-order valence-electron chi connectivity index (χ1n) is 7.98. The lowest BCUT2D eigenvalue weighted by atomic mass is 10.1. The molecule has 134 valence electrons. The quantitative estimate of drug-likeness (QED) is 0.658. The summed E-state index contributed by atoms with van der Waals surface area (Å²) in [5, 5.41) is 6.16. The Labute approximate surface area is 149 Å². The van der Waals surface area contributed by atoms with Crippen molar-refractivity contribution in [3.05, 3.63) is 64.4 Å². The van der Waals surface area contributed by atoms with Gasteiger partial charge in [0.25, 0.3) is 5.56 Å². The normalized spacial score (nSPS) is 10.4. The second-order valence-electron chi connectivity index (χ2n) is 5.59. The van der Waals surface area contributed by atoms with Crippen molar-refractivity contribution in [1.82, 2.24) is 10.3 Å². The van der Waals surface area contributed by atoms with E-state index in [1.165, 1.54) is 7.11 Å². The molecule has 7 heteroatoms. The zero-order chi connectivity index (χ0) is 18.5. The van der Waals surface area contributed by atoms with Crippen molar-refractivity contribution in [3.63, 3.8) is 0 Å². The van der Waals surface area contributed by atoms with Crippen LogP contribution in [0.25, 0.3) is 10.9 Å². The molecule has 0 unspecified atom stereocenters. The highest BCUT2D eigenvalue weighted by Gasteiger charge is 2.10. The number of rotatable bonds is 5. The Morgan fingerprint density at radius 2 is 1.73 bits per heavy atom. The van der Waals surface area contributed by atoms with E-state index in [2.05, 4.69) is 15.6 Å². The van der Waals surface area contributed by atoms with Gasteiger partial charge in [0.2, 0.25) is 0 Å². The number of aromatic nitrogens is 1. The summed E-state index contributed by atoms with van der Waals surface area (Å²) in [4.78, 5) is 27.0. The van der Waals surface area contributed by atoms with Gasteiger partial charge < -0.3 is 25.1 Å². The van der Waals surface area contributed by atoms with E-state index in [0.717, 1.165) is 5.39 Å². The molecular weight excluding hydrogens is 334 g/mol. The van der Waals surface area contributed by atoms with Gasteiger partial charge in [-0.05, 0) is 24.3 Å². The lowest BCUT2D eigenvalue weighted by Crippen LogP contribution is -2.30. The Bertz CT molecular complexity index is 983. The predicted molar refractivity (Wildman–Crippen MR) is 100.0 cm³/mol. The minimum Gasteiger partial charge on any atom is -0.493 e. The minimum absolute atomic E-state index is 0.0955. The van der Waals surface area contributed by atoms with E-state index in [1.807, 2.05) is 18.2 Å². The highest BCUT2D eigenvalue weighted by atomic mass is 16.5. The van der Waals surface area contributed by atoms with Gasteiger partial charge in [-0.2, -0.15) is 0 Å². The Balaban J connectivity index is 1.78. The molecule has 3 rings (SSSR count). The van der Waals surface area contributed by atoms with Gasteiger partial charge in [0.1, 0.15) is 0 Å². The summed E-state index contributed by atoms with van der Waals surface area (Å²) in [6, 6.07) is 13.9. The molecule has 1 aromatic heterocycles. The van der Waals surface area contributed by atoms with Gasteiger partial charge in [0.05, 0.1) is 19.7 Å². The van der Waals surface area contributed by atoms with Crippen LogP contribution >= 0.6 is 0 Å². The summed E-state index contributed by atoms with van der Waals surface area (Å²) < 4.78 is 10.5. The van der Waals surface area contributed by atoms with Crippen LogP contribution in [0.1, 0.15) is 5.56 Å². The number of methoxy groups -OCH3 is 2. The lowest BCUT2D eigenvalue weighted by molar-refractivity contribution is 0.251. The van der Waals surface area contributed by atoms with Crippen LogP contribution in [0.5, 0.6) is 11.5 Å². The summed E-state index contributed by atoms with van der Waals surface area (Å²) >= 11 is 0. The van der Waals surface area contributed by atoms with Crippen molar-refractivity contribution in [1.29, 1.82) is 0 Å². The highest BCUT2D eigenvalue weighted by molar-refractivity contribution is 5.89. The van der Waals surface area contributed by atoms with Gasteiger partial charge in [-0.3, -0.25) is 4.79 Å². The number of fused-ring (bicyclic) bond motifs is 1. The van der Waals surface area contributed by atoms with E-state index in [4.69, 9.17) is 9.47 Å². The van der Waals surface area contributed by atoms with Crippen LogP contribution in [0, 0.1) is 0 Å². The summed E-state index contributed by atoms with van der Waals surface area (Å²) in [6.45, 7) is 0.0955. The highest BCUT2D eigenvalue weighted by Crippen LogP contribution is 2.30. The molecule has 3 aromatic rings. The molecule has 0 aliphatic carbocycles. The largest absolute Gasteiger partial charge is 0.493 e. The summed E-state index contributed by atoms with van der Waals surface area (Å²) in [5.41, 5.74) is 1.47. The number of hydrogen-bond donors (Lipinski definition) is 3. The fraction of sp³-hybridized carbons (Fsp3) is 0.158. The molecule has 2 amide bonds. The van der Waals surface area contributed by atoms with Gasteiger partial charge in [0, 0.05) is 29.2 Å². The van der Waals surface area contributed by atoms with E-state index in [9.17, 15) is 9.59 Å². The molecule has 0 fully saturated rings. The molecule has 3 N–H and O–H groups in total. The smallest absolute Gasteiger partial charge is 0.319 e. The maximum absolute atomic E-state index is 12.3. The van der Waals surface area contributed by atoms with Crippen molar-refractivity contribution >= 4 is 22.6 Å². The van der Waals surface area contributed by atoms with Crippen LogP contribution in [0.4, 0.5) is 10.5 Å². The number of amides is 2. The number of nitrogens with one attached hydrogen (secondary N) is 3. The topological polar surface area (TPSA) is 92.5 Å². The molecule has 7 nitrogen and oxygen atoms in total. The first-order chi connectivity index (χ1) is 12.6. The standard InChI is InChI=1S/C19H19N3O4/c1-25-16-9-12-8-13(18(23)22-15(12)10-17(16)26-2)11-20-19(24)21-14-6-4-3-5-7-14/h3-10H,11H2,1-2H3,(H,22,23)(H2,20,21,24). The minimum atomic E-state index is -0.386. The number of urea groups is 1. The molecule has 0 aliphatic rings. The fourth-order valence-corrected chi connectivity index (χ4v) is 2.58. The number of aromatic amines is 1. The zero-order valence-corrected chi connectivity index (χ0v) is 14.5. The lowest BCUT2D eigenvalue weighted by Gasteiger charge is -2.11. The SMILES string of the molecule is COc1cc2cc(CNC(=O)Nc3ccccc3)c(=O)[nH]c2cc1OC. The van der Waals surface area contributed by atoms with Gasteiger partial charge in [0.15, 0.2) is 11.5 Å². The Morgan fingerprint density at radius 3 is 2.42 bits per heavy atom. The molecule has 0 atom stereocenters. The van der Waals surface area contributed by atoms with Crippen molar-refractivity contribution in [3.8, 4) is 11.5 Å². The molecule has 0 bridgehead atoms. The average Bonchev–Trinajstić information content (AvgIpc) is 2.66. The average molecular weight is 353 g/mol. The monoisotopic (exact) mass is 353 g/mol. The first kappa shape index (κ1) is 17.3. The first-order valence-corrected chi connectivity index (χ1v) is 7.98. The van der Waals surface area contributed by atoms with Crippen LogP contribution in [0.2, 0.25) is 0 Å². The van der Waals surface area contributed by atoms with Crippen LogP contribution in [0.3, 0.4) is 0 Å². The maximum Gasteiger partial charge on any atom is 0.319 e. The van der Waals surface area contributed by atoms with Gasteiger partial charge in [-0.25, -0.2) is 4.79 Å². The summed E-state index contributed by atoms with van der Waals surface area (Å²) in [5.74, 6) is 1.09. The third-order valence-electron chi connectivity index (χ3n) is 3.90. The fourth-order valence-electron chi connectivity index (χ4n) is 2.58. The zero-order valence-electron chi connectivity index (χ0n) is 14.5. The van der Waals surface area contributed by atoms with Crippen molar-refractivity contribution in [2.24, 2.45) is 0 Å². The number of hydrogen-bond acceptors (Lipinski definition) is 4. The van der Waals surface area contributed by atoms with Gasteiger partial charge in [-0.15, -0.1) is 0 Å². The number of anilines is 1. The van der Waals surface area contributed by atoms with Crippen molar-refractivity contribution in [2.75, 3.05) is 19.5 Å². The number of pyridine rings is 1. The van der Waals surface area contributed by atoms with Crippen LogP contribution in [-0.2, 0) is 6.54 Å². The van der Waals surface area contributed by atoms with Crippen LogP contribution in [-0.4, -0.2) is 25.2 Å². The molecule has 0 spiro atoms. The molecule has 0 saturated heterocycles. The molecule has 0 saturated carbocycles. The number of ether oxygens (including phenoxy) is 2. The molecule has 26 heavy (non-hydrogen) atoms. The number of carbonyl (C=O) groups is 1. The van der Waals surface area contributed by atoms with Gasteiger partial charge >= 0.3 is 6.03 Å². The molecule has 0 aliphatic heterocycles. The Morgan fingerprint density at radius 1 is 1.04 bits per heavy atom. The van der Waals surface area contributed by atoms with Gasteiger partial charge in [-0.1, -0.05) is 18.2 Å². The van der Waals surface area contributed by atoms with Crippen molar-refractivity contribution in [2.45, 2.75) is 6.54 Å². The van der Waals surface area contributed by atoms with Crippen molar-refractivity contribution < 1.29 is 14.3 Å². The van der Waals surface area contributed by atoms with E-state index >= 15 is 0 Å². The third kappa shape index (κ3) is 3.77. The van der Waals surface area contributed by atoms with Crippen LogP contribution < -0.4 is 25.7 Å². The second kappa shape index (κ2) is 7.60. The number of benzene rings is 2. The summed E-state index contributed by atoms with van der Waals surface area (Å²) in [7, 11) is 3.08. The Hall–Kier alpha value is -3.48. The number of H-pyrrole nitrogens is 1. The molecular formula is C19H19N3O4. The van der Waals surface area contributed by atoms with E-state index in [-0.39, 0.29) is 18.1 Å². The summed E-state index contributed by atoms with van der Waals surface area (Å²) in [6.07, 6.45) is 0. The second-order valence-corrected chi connectivity index (χ2v) is 5.59. The Kier molecular flexibility index (Phi) is 5.07. The molecule has 0 radical (unpaired) electrons.